The van der Waals surface area contributed by atoms with Gasteiger partial charge in [0.25, 0.3) is 0 Å². The SMILES string of the molecule is N=C(N)NCCC[C@H](NC(=O)[C@H](Cc1ccc(O)cc1)NC(=O)[C@@H](N)CS)C(=O)N[C@H]([C]=O)CCCCN. The zero-order chi connectivity index (χ0) is 28.5. The maximum absolute atomic E-state index is 13.3. The Morgan fingerprint density at radius 2 is 1.61 bits per heavy atom. The average molecular weight is 552 g/mol. The van der Waals surface area contributed by atoms with E-state index in [1.807, 2.05) is 0 Å². The quantitative estimate of drug-likeness (QED) is 0.0425. The number of nitrogens with one attached hydrogen (secondary N) is 5. The zero-order valence-electron chi connectivity index (χ0n) is 21.2. The summed E-state index contributed by atoms with van der Waals surface area (Å²) in [5.74, 6) is -1.97. The fourth-order valence-corrected chi connectivity index (χ4v) is 3.60. The smallest absolute Gasteiger partial charge is 0.243 e. The van der Waals surface area contributed by atoms with Gasteiger partial charge in [0, 0.05) is 18.7 Å². The van der Waals surface area contributed by atoms with Crippen molar-refractivity contribution >= 4 is 42.6 Å². The number of benzene rings is 1. The zero-order valence-corrected chi connectivity index (χ0v) is 22.1. The van der Waals surface area contributed by atoms with Gasteiger partial charge in [0.1, 0.15) is 17.8 Å². The van der Waals surface area contributed by atoms with Crippen LogP contribution in [-0.4, -0.2) is 78.1 Å². The molecule has 38 heavy (non-hydrogen) atoms. The summed E-state index contributed by atoms with van der Waals surface area (Å²) < 4.78 is 0. The van der Waals surface area contributed by atoms with Crippen molar-refractivity contribution in [2.75, 3.05) is 18.8 Å². The number of nitrogens with two attached hydrogens (primary N) is 3. The molecule has 0 heterocycles. The third-order valence-electron chi connectivity index (χ3n) is 5.57. The number of carbonyl (C=O) groups is 3. The van der Waals surface area contributed by atoms with Crippen LogP contribution in [0, 0.1) is 5.41 Å². The first-order valence-corrected chi connectivity index (χ1v) is 13.0. The van der Waals surface area contributed by atoms with E-state index in [2.05, 4.69) is 33.9 Å². The average Bonchev–Trinajstić information content (AvgIpc) is 2.89. The molecule has 1 aromatic rings. The largest absolute Gasteiger partial charge is 0.508 e. The Labute approximate surface area is 228 Å². The number of amides is 3. The predicted octanol–water partition coefficient (Wildman–Crippen LogP) is -1.85. The number of guanidine groups is 1. The maximum atomic E-state index is 13.3. The standard InChI is InChI=1S/C24H39N8O5S/c25-10-2-1-4-16(13-33)30-22(36)19(5-3-11-29-24(27)28)31-23(37)20(32-21(35)18(26)14-38)12-15-6-8-17(34)9-7-15/h6-9,16,18-20,34,38H,1-5,10-12,14,25-26H2,(H,30,36)(H,31,37)(H,32,35)(H4,27,28,29)/t16-,18-,19-,20-/m0/s1. The molecule has 0 aliphatic heterocycles. The summed E-state index contributed by atoms with van der Waals surface area (Å²) in [5.41, 5.74) is 17.2. The number of phenolic OH excluding ortho intramolecular Hbond substituents is 1. The fourth-order valence-electron chi connectivity index (χ4n) is 3.43. The lowest BCUT2D eigenvalue weighted by molar-refractivity contribution is -0.132. The molecule has 0 bridgehead atoms. The summed E-state index contributed by atoms with van der Waals surface area (Å²) >= 11 is 4.02. The van der Waals surface area contributed by atoms with Crippen LogP contribution in [0.1, 0.15) is 37.7 Å². The van der Waals surface area contributed by atoms with Crippen molar-refractivity contribution in [2.45, 2.75) is 62.7 Å². The number of hydrogen-bond acceptors (Lipinski definition) is 9. The first-order chi connectivity index (χ1) is 18.1. The number of carbonyl (C=O) groups excluding carboxylic acids is 4. The number of aromatic hydroxyl groups is 1. The molecule has 14 heteroatoms. The molecule has 12 N–H and O–H groups in total. The number of thiol groups is 1. The molecule has 0 aromatic heterocycles. The van der Waals surface area contributed by atoms with E-state index in [0.717, 1.165) is 0 Å². The number of rotatable bonds is 18. The van der Waals surface area contributed by atoms with Gasteiger partial charge in [0.05, 0.1) is 12.1 Å². The van der Waals surface area contributed by atoms with E-state index >= 15 is 0 Å². The van der Waals surface area contributed by atoms with Crippen molar-refractivity contribution in [3.8, 4) is 5.75 Å². The Bertz CT molecular complexity index is 918. The van der Waals surface area contributed by atoms with Gasteiger partial charge in [-0.2, -0.15) is 12.6 Å². The second-order valence-electron chi connectivity index (χ2n) is 8.73. The van der Waals surface area contributed by atoms with E-state index in [1.165, 1.54) is 12.1 Å². The molecule has 0 aliphatic carbocycles. The van der Waals surface area contributed by atoms with Crippen LogP contribution in [0.5, 0.6) is 5.75 Å². The van der Waals surface area contributed by atoms with Crippen molar-refractivity contribution in [2.24, 2.45) is 17.2 Å². The lowest BCUT2D eigenvalue weighted by Gasteiger charge is -2.25. The second kappa shape index (κ2) is 18.0. The number of hydrogen-bond donors (Lipinski definition) is 10. The number of unbranched alkanes of at least 4 members (excludes halogenated alkanes) is 1. The van der Waals surface area contributed by atoms with Crippen LogP contribution in [0.3, 0.4) is 0 Å². The van der Waals surface area contributed by atoms with E-state index in [0.29, 0.717) is 37.8 Å². The highest BCUT2D eigenvalue weighted by molar-refractivity contribution is 7.80. The van der Waals surface area contributed by atoms with Gasteiger partial charge in [-0.1, -0.05) is 12.1 Å². The first kappa shape index (κ1) is 32.7. The maximum Gasteiger partial charge on any atom is 0.243 e. The minimum Gasteiger partial charge on any atom is -0.508 e. The minimum absolute atomic E-state index is 0.0415. The van der Waals surface area contributed by atoms with Crippen LogP contribution in [0.2, 0.25) is 0 Å². The molecule has 0 saturated heterocycles. The molecule has 0 fully saturated rings. The molecule has 1 radical (unpaired) electrons. The third-order valence-corrected chi connectivity index (χ3v) is 5.96. The van der Waals surface area contributed by atoms with Crippen molar-refractivity contribution < 1.29 is 24.3 Å². The van der Waals surface area contributed by atoms with Crippen LogP contribution in [-0.2, 0) is 25.6 Å². The summed E-state index contributed by atoms with van der Waals surface area (Å²) in [5, 5.41) is 27.3. The predicted molar refractivity (Wildman–Crippen MR) is 147 cm³/mol. The summed E-state index contributed by atoms with van der Waals surface area (Å²) in [4.78, 5) is 50.2. The minimum atomic E-state index is -1.10. The van der Waals surface area contributed by atoms with Crippen LogP contribution in [0.15, 0.2) is 24.3 Å². The summed E-state index contributed by atoms with van der Waals surface area (Å²) in [6.07, 6.45) is 4.01. The first-order valence-electron chi connectivity index (χ1n) is 12.3. The molecule has 13 nitrogen and oxygen atoms in total. The number of phenols is 1. The Hall–Kier alpha value is -3.36. The highest BCUT2D eigenvalue weighted by Gasteiger charge is 2.29. The third kappa shape index (κ3) is 12.7. The van der Waals surface area contributed by atoms with Gasteiger partial charge in [-0.25, -0.2) is 0 Å². The van der Waals surface area contributed by atoms with Gasteiger partial charge in [0.15, 0.2) is 5.96 Å². The summed E-state index contributed by atoms with van der Waals surface area (Å²) in [6, 6.07) is 2.12. The molecule has 0 spiro atoms. The van der Waals surface area contributed by atoms with Crippen LogP contribution in [0.25, 0.3) is 0 Å². The van der Waals surface area contributed by atoms with Crippen LogP contribution >= 0.6 is 12.6 Å². The molecule has 0 unspecified atom stereocenters. The van der Waals surface area contributed by atoms with Gasteiger partial charge in [0.2, 0.25) is 24.0 Å². The van der Waals surface area contributed by atoms with E-state index < -0.39 is 41.9 Å². The highest BCUT2D eigenvalue weighted by atomic mass is 32.1. The molecular weight excluding hydrogens is 512 g/mol. The van der Waals surface area contributed by atoms with Crippen molar-refractivity contribution in [3.05, 3.63) is 29.8 Å². The molecule has 211 valence electrons. The summed E-state index contributed by atoms with van der Waals surface area (Å²) in [6.45, 7) is 0.728. The molecule has 1 aromatic carbocycles. The van der Waals surface area contributed by atoms with Crippen molar-refractivity contribution in [1.82, 2.24) is 21.3 Å². The van der Waals surface area contributed by atoms with Crippen LogP contribution in [0.4, 0.5) is 0 Å². The topological polar surface area (TPSA) is 239 Å². The molecular formula is C24H39N8O5S. The lowest BCUT2D eigenvalue weighted by atomic mass is 10.0. The Balaban J connectivity index is 3.06. The van der Waals surface area contributed by atoms with Crippen molar-refractivity contribution in [1.29, 1.82) is 5.41 Å². The molecule has 0 saturated carbocycles. The van der Waals surface area contributed by atoms with Crippen molar-refractivity contribution in [3.63, 3.8) is 0 Å². The Kier molecular flexibility index (Phi) is 15.5. The monoisotopic (exact) mass is 551 g/mol. The molecule has 1 rings (SSSR count). The molecule has 3 amide bonds. The fraction of sp³-hybridized carbons (Fsp3) is 0.542. The lowest BCUT2D eigenvalue weighted by Crippen LogP contribution is -2.57. The Morgan fingerprint density at radius 1 is 0.974 bits per heavy atom. The van der Waals surface area contributed by atoms with Gasteiger partial charge in [-0.15, -0.1) is 0 Å². The molecule has 0 aliphatic rings. The highest BCUT2D eigenvalue weighted by Crippen LogP contribution is 2.12. The normalized spacial score (nSPS) is 13.9. The van der Waals surface area contributed by atoms with Gasteiger partial charge < -0.3 is 43.6 Å². The van der Waals surface area contributed by atoms with Crippen LogP contribution < -0.4 is 38.5 Å². The van der Waals surface area contributed by atoms with Gasteiger partial charge in [-0.05, 0) is 56.3 Å². The molecule has 4 atom stereocenters. The Morgan fingerprint density at radius 3 is 2.18 bits per heavy atom. The van der Waals surface area contributed by atoms with E-state index in [9.17, 15) is 24.3 Å². The van der Waals surface area contributed by atoms with E-state index in [4.69, 9.17) is 22.6 Å². The van der Waals surface area contributed by atoms with Gasteiger partial charge >= 0.3 is 0 Å². The van der Waals surface area contributed by atoms with E-state index in [1.54, 1.807) is 18.4 Å². The van der Waals surface area contributed by atoms with E-state index in [-0.39, 0.29) is 36.8 Å². The second-order valence-corrected chi connectivity index (χ2v) is 9.09. The van der Waals surface area contributed by atoms with Gasteiger partial charge in [-0.3, -0.25) is 24.6 Å². The summed E-state index contributed by atoms with van der Waals surface area (Å²) in [7, 11) is 0.